The van der Waals surface area contributed by atoms with E-state index in [1.165, 1.54) is 17.0 Å². The van der Waals surface area contributed by atoms with Crippen LogP contribution in [0, 0.1) is 6.92 Å². The van der Waals surface area contributed by atoms with Crippen LogP contribution < -0.4 is 5.32 Å². The number of hydrogen-bond donors (Lipinski definition) is 1. The Morgan fingerprint density at radius 3 is 2.18 bits per heavy atom. The molecule has 3 amide bonds. The number of sulfone groups is 1. The van der Waals surface area contributed by atoms with Crippen LogP contribution >= 0.6 is 0 Å². The Labute approximate surface area is 194 Å². The van der Waals surface area contributed by atoms with Gasteiger partial charge in [0, 0.05) is 38.2 Å². The molecular formula is C24H29N3O5S. The average molecular weight is 472 g/mol. The van der Waals surface area contributed by atoms with Crippen molar-refractivity contribution in [3.05, 3.63) is 65.7 Å². The van der Waals surface area contributed by atoms with E-state index in [4.69, 9.17) is 0 Å². The summed E-state index contributed by atoms with van der Waals surface area (Å²) in [6.45, 7) is 4.81. The first-order valence-corrected chi connectivity index (χ1v) is 12.5. The smallest absolute Gasteiger partial charge is 0.261 e. The molecule has 1 atom stereocenters. The molecule has 0 unspecified atom stereocenters. The lowest BCUT2D eigenvalue weighted by atomic mass is 10.1. The molecule has 1 saturated heterocycles. The van der Waals surface area contributed by atoms with Crippen molar-refractivity contribution in [3.63, 3.8) is 0 Å². The van der Waals surface area contributed by atoms with E-state index in [1.807, 2.05) is 19.9 Å². The second-order valence-corrected chi connectivity index (χ2v) is 10.1. The van der Waals surface area contributed by atoms with Gasteiger partial charge in [0.25, 0.3) is 11.8 Å². The lowest BCUT2D eigenvalue weighted by Crippen LogP contribution is -2.57. The van der Waals surface area contributed by atoms with E-state index >= 15 is 0 Å². The van der Waals surface area contributed by atoms with E-state index in [0.717, 1.165) is 12.0 Å². The predicted octanol–water partition coefficient (Wildman–Crippen LogP) is 2.00. The number of hydrogen-bond acceptors (Lipinski definition) is 5. The Balaban J connectivity index is 1.85. The number of nitrogens with one attached hydrogen (secondary N) is 1. The molecule has 0 radical (unpaired) electrons. The first kappa shape index (κ1) is 24.4. The quantitative estimate of drug-likeness (QED) is 0.665. The van der Waals surface area contributed by atoms with Gasteiger partial charge in [-0.05, 0) is 37.6 Å². The summed E-state index contributed by atoms with van der Waals surface area (Å²) in [7, 11) is -4.20. The lowest BCUT2D eigenvalue weighted by molar-refractivity contribution is -0.139. The molecule has 9 heteroatoms. The number of benzene rings is 2. The van der Waals surface area contributed by atoms with Gasteiger partial charge < -0.3 is 15.1 Å². The number of aryl methyl sites for hydroxylation is 1. The molecule has 1 fully saturated rings. The van der Waals surface area contributed by atoms with Crippen LogP contribution in [0.5, 0.6) is 0 Å². The molecular weight excluding hydrogens is 442 g/mol. The fourth-order valence-electron chi connectivity index (χ4n) is 3.72. The van der Waals surface area contributed by atoms with Gasteiger partial charge in [-0.15, -0.1) is 0 Å². The van der Waals surface area contributed by atoms with Crippen molar-refractivity contribution in [2.24, 2.45) is 0 Å². The number of amides is 3. The zero-order valence-electron chi connectivity index (χ0n) is 18.9. The number of piperazine rings is 1. The maximum absolute atomic E-state index is 13.4. The van der Waals surface area contributed by atoms with Gasteiger partial charge in [-0.3, -0.25) is 14.4 Å². The summed E-state index contributed by atoms with van der Waals surface area (Å²) in [6.07, 6.45) is 1.17. The highest BCUT2D eigenvalue weighted by molar-refractivity contribution is 7.92. The normalized spacial score (nSPS) is 15.1. The monoisotopic (exact) mass is 471 g/mol. The Hall–Kier alpha value is -3.20. The topological polar surface area (TPSA) is 104 Å². The van der Waals surface area contributed by atoms with Gasteiger partial charge in [0.1, 0.15) is 0 Å². The van der Waals surface area contributed by atoms with Gasteiger partial charge in [-0.2, -0.15) is 0 Å². The fraction of sp³-hybridized carbons (Fsp3) is 0.375. The Morgan fingerprint density at radius 2 is 1.58 bits per heavy atom. The molecule has 0 bridgehead atoms. The molecule has 1 aliphatic heterocycles. The first-order valence-electron chi connectivity index (χ1n) is 11.0. The molecule has 33 heavy (non-hydrogen) atoms. The van der Waals surface area contributed by atoms with E-state index in [2.05, 4.69) is 5.32 Å². The van der Waals surface area contributed by atoms with Crippen molar-refractivity contribution in [1.29, 1.82) is 0 Å². The minimum Gasteiger partial charge on any atom is -0.339 e. The SMILES string of the molecule is CCCC(=O)N1CCN(C(=O)[C@@H](NC(=O)c2cccc(C)c2)S(=O)(=O)c2ccccc2)CC1. The molecule has 0 saturated carbocycles. The lowest BCUT2D eigenvalue weighted by Gasteiger charge is -2.36. The van der Waals surface area contributed by atoms with Crippen molar-refractivity contribution < 1.29 is 22.8 Å². The molecule has 0 aliphatic carbocycles. The predicted molar refractivity (Wildman–Crippen MR) is 124 cm³/mol. The van der Waals surface area contributed by atoms with E-state index in [-0.39, 0.29) is 29.5 Å². The highest BCUT2D eigenvalue weighted by atomic mass is 32.2. The minimum absolute atomic E-state index is 0.0193. The average Bonchev–Trinajstić information content (AvgIpc) is 2.82. The summed E-state index contributed by atoms with van der Waals surface area (Å²) in [6, 6.07) is 14.3. The molecule has 2 aromatic rings. The van der Waals surface area contributed by atoms with Crippen LogP contribution in [0.15, 0.2) is 59.5 Å². The van der Waals surface area contributed by atoms with Gasteiger partial charge in [-0.25, -0.2) is 8.42 Å². The van der Waals surface area contributed by atoms with Crippen LogP contribution in [0.4, 0.5) is 0 Å². The molecule has 1 aliphatic rings. The van der Waals surface area contributed by atoms with Crippen molar-refractivity contribution in [2.45, 2.75) is 37.0 Å². The molecule has 3 rings (SSSR count). The van der Waals surface area contributed by atoms with Crippen LogP contribution in [0.25, 0.3) is 0 Å². The highest BCUT2D eigenvalue weighted by Gasteiger charge is 2.39. The highest BCUT2D eigenvalue weighted by Crippen LogP contribution is 2.18. The zero-order chi connectivity index (χ0) is 24.0. The van der Waals surface area contributed by atoms with Gasteiger partial charge in [-0.1, -0.05) is 42.8 Å². The third kappa shape index (κ3) is 5.78. The Kier molecular flexibility index (Phi) is 7.86. The van der Waals surface area contributed by atoms with Gasteiger partial charge >= 0.3 is 0 Å². The van der Waals surface area contributed by atoms with Crippen LogP contribution in [0.3, 0.4) is 0 Å². The Bertz CT molecular complexity index is 1110. The van der Waals surface area contributed by atoms with Crippen LogP contribution in [-0.2, 0) is 19.4 Å². The summed E-state index contributed by atoms with van der Waals surface area (Å²) in [4.78, 5) is 41.5. The summed E-state index contributed by atoms with van der Waals surface area (Å²) >= 11 is 0. The second-order valence-electron chi connectivity index (χ2n) is 8.04. The summed E-state index contributed by atoms with van der Waals surface area (Å²) in [5, 5.41) is 0.680. The second kappa shape index (κ2) is 10.6. The summed E-state index contributed by atoms with van der Waals surface area (Å²) in [5.41, 5.74) is 1.11. The number of nitrogens with zero attached hydrogens (tertiary/aromatic N) is 2. The van der Waals surface area contributed by atoms with E-state index < -0.39 is 27.0 Å². The van der Waals surface area contributed by atoms with Gasteiger partial charge in [0.2, 0.25) is 21.1 Å². The molecule has 176 valence electrons. The fourth-order valence-corrected chi connectivity index (χ4v) is 5.21. The molecule has 0 aromatic heterocycles. The number of carbonyl (C=O) groups is 3. The standard InChI is InChI=1S/C24H29N3O5S/c1-3-8-21(28)26-13-15-27(16-14-26)24(30)23(33(31,32)20-11-5-4-6-12-20)25-22(29)19-10-7-9-18(2)17-19/h4-7,9-12,17,23H,3,8,13-16H2,1-2H3,(H,25,29)/t23-/m0/s1. The third-order valence-electron chi connectivity index (χ3n) is 5.56. The van der Waals surface area contributed by atoms with Crippen LogP contribution in [0.2, 0.25) is 0 Å². The van der Waals surface area contributed by atoms with Crippen molar-refractivity contribution in [3.8, 4) is 0 Å². The van der Waals surface area contributed by atoms with Gasteiger partial charge in [0.05, 0.1) is 4.90 Å². The Morgan fingerprint density at radius 1 is 0.939 bits per heavy atom. The van der Waals surface area contributed by atoms with Crippen molar-refractivity contribution in [1.82, 2.24) is 15.1 Å². The summed E-state index contributed by atoms with van der Waals surface area (Å²) < 4.78 is 26.8. The first-order chi connectivity index (χ1) is 15.7. The van der Waals surface area contributed by atoms with Gasteiger partial charge in [0.15, 0.2) is 0 Å². The molecule has 0 spiro atoms. The molecule has 1 heterocycles. The largest absolute Gasteiger partial charge is 0.339 e. The summed E-state index contributed by atoms with van der Waals surface area (Å²) in [5.74, 6) is -1.33. The van der Waals surface area contributed by atoms with Crippen LogP contribution in [0.1, 0.15) is 35.7 Å². The zero-order valence-corrected chi connectivity index (χ0v) is 19.7. The van der Waals surface area contributed by atoms with Crippen molar-refractivity contribution in [2.75, 3.05) is 26.2 Å². The molecule has 8 nitrogen and oxygen atoms in total. The third-order valence-corrected chi connectivity index (χ3v) is 7.43. The minimum atomic E-state index is -4.20. The van der Waals surface area contributed by atoms with Crippen molar-refractivity contribution >= 4 is 27.6 Å². The number of rotatable bonds is 7. The number of carbonyl (C=O) groups excluding carboxylic acids is 3. The molecule has 2 aromatic carbocycles. The van der Waals surface area contributed by atoms with E-state index in [1.54, 1.807) is 41.3 Å². The van der Waals surface area contributed by atoms with E-state index in [9.17, 15) is 22.8 Å². The maximum Gasteiger partial charge on any atom is 0.261 e. The van der Waals surface area contributed by atoms with Crippen LogP contribution in [-0.4, -0.2) is 67.5 Å². The molecule has 1 N–H and O–H groups in total. The van der Waals surface area contributed by atoms with E-state index in [0.29, 0.717) is 19.5 Å². The maximum atomic E-state index is 13.4.